The Bertz CT molecular complexity index is 889. The molecule has 1 aliphatic rings. The Kier molecular flexibility index (Phi) is 7.17. The quantitative estimate of drug-likeness (QED) is 0.776. The van der Waals surface area contributed by atoms with Gasteiger partial charge >= 0.3 is 0 Å². The van der Waals surface area contributed by atoms with Gasteiger partial charge in [0.15, 0.2) is 0 Å². The molecule has 1 saturated heterocycles. The molecule has 0 aromatic heterocycles. The van der Waals surface area contributed by atoms with Crippen molar-refractivity contribution in [3.8, 4) is 0 Å². The highest BCUT2D eigenvalue weighted by Crippen LogP contribution is 2.23. The van der Waals surface area contributed by atoms with E-state index in [1.54, 1.807) is 12.1 Å². The van der Waals surface area contributed by atoms with Gasteiger partial charge in [-0.05, 0) is 42.7 Å². The largest absolute Gasteiger partial charge is 0.340 e. The molecule has 29 heavy (non-hydrogen) atoms. The summed E-state index contributed by atoms with van der Waals surface area (Å²) in [7, 11) is 0. The van der Waals surface area contributed by atoms with Gasteiger partial charge in [-0.2, -0.15) is 0 Å². The molecule has 0 aliphatic carbocycles. The molecule has 0 radical (unpaired) electrons. The van der Waals surface area contributed by atoms with E-state index in [9.17, 15) is 9.59 Å². The summed E-state index contributed by atoms with van der Waals surface area (Å²) in [5, 5.41) is 3.96. The Morgan fingerprint density at radius 2 is 1.62 bits per heavy atom. The van der Waals surface area contributed by atoms with E-state index in [4.69, 9.17) is 23.2 Å². The minimum atomic E-state index is -0.0296. The van der Waals surface area contributed by atoms with Crippen molar-refractivity contribution >= 4 is 40.7 Å². The van der Waals surface area contributed by atoms with Gasteiger partial charge in [-0.3, -0.25) is 14.5 Å². The van der Waals surface area contributed by atoms with E-state index < -0.39 is 0 Å². The second-order valence-electron chi connectivity index (χ2n) is 7.40. The molecule has 1 heterocycles. The maximum absolute atomic E-state index is 12.6. The van der Waals surface area contributed by atoms with Gasteiger partial charge in [-0.1, -0.05) is 47.5 Å². The molecule has 1 fully saturated rings. The standard InChI is InChI=1S/C22H25Cl2N3O2/c1-15-4-3-5-16(2)22(15)25-20(28)14-26-8-10-27(11-9-26)21(29)13-17-6-7-18(23)19(24)12-17/h3-7,12H,8-11,13-14H2,1-2H3,(H,25,28). The number of aryl methyl sites for hydroxylation is 2. The van der Waals surface area contributed by atoms with Gasteiger partial charge in [-0.25, -0.2) is 0 Å². The van der Waals surface area contributed by atoms with E-state index in [1.165, 1.54) is 0 Å². The first-order chi connectivity index (χ1) is 13.8. The third kappa shape index (κ3) is 5.72. The Balaban J connectivity index is 1.48. The first-order valence-electron chi connectivity index (χ1n) is 9.63. The highest BCUT2D eigenvalue weighted by atomic mass is 35.5. The minimum absolute atomic E-state index is 0.0296. The Morgan fingerprint density at radius 3 is 2.24 bits per heavy atom. The van der Waals surface area contributed by atoms with Gasteiger partial charge in [0.25, 0.3) is 0 Å². The van der Waals surface area contributed by atoms with Crippen LogP contribution in [0.1, 0.15) is 16.7 Å². The third-order valence-corrected chi connectivity index (χ3v) is 5.92. The van der Waals surface area contributed by atoms with Crippen molar-refractivity contribution in [1.29, 1.82) is 0 Å². The predicted octanol–water partition coefficient (Wildman–Crippen LogP) is 3.94. The van der Waals surface area contributed by atoms with Crippen LogP contribution in [0.2, 0.25) is 10.0 Å². The van der Waals surface area contributed by atoms with E-state index in [0.717, 1.165) is 22.4 Å². The van der Waals surface area contributed by atoms with Gasteiger partial charge < -0.3 is 10.2 Å². The van der Waals surface area contributed by atoms with Crippen LogP contribution in [0.5, 0.6) is 0 Å². The number of piperazine rings is 1. The smallest absolute Gasteiger partial charge is 0.238 e. The molecule has 0 saturated carbocycles. The van der Waals surface area contributed by atoms with Gasteiger partial charge in [0.1, 0.15) is 0 Å². The highest BCUT2D eigenvalue weighted by molar-refractivity contribution is 6.42. The Labute approximate surface area is 181 Å². The van der Waals surface area contributed by atoms with Gasteiger partial charge in [0, 0.05) is 31.9 Å². The molecular formula is C22H25Cl2N3O2. The number of anilines is 1. The number of hydrogen-bond donors (Lipinski definition) is 1. The monoisotopic (exact) mass is 433 g/mol. The van der Waals surface area contributed by atoms with Crippen LogP contribution in [-0.4, -0.2) is 54.3 Å². The first kappa shape index (κ1) is 21.6. The van der Waals surface area contributed by atoms with Gasteiger partial charge in [-0.15, -0.1) is 0 Å². The van der Waals surface area contributed by atoms with Crippen LogP contribution in [0.25, 0.3) is 0 Å². The van der Waals surface area contributed by atoms with Crippen LogP contribution in [0.3, 0.4) is 0 Å². The van der Waals surface area contributed by atoms with Crippen molar-refractivity contribution in [2.45, 2.75) is 20.3 Å². The van der Waals surface area contributed by atoms with Gasteiger partial charge in [0.2, 0.25) is 11.8 Å². The van der Waals surface area contributed by atoms with Crippen molar-refractivity contribution in [3.05, 3.63) is 63.1 Å². The summed E-state index contributed by atoms with van der Waals surface area (Å²) in [4.78, 5) is 28.9. The lowest BCUT2D eigenvalue weighted by Crippen LogP contribution is -2.50. The van der Waals surface area contributed by atoms with Crippen LogP contribution in [0.4, 0.5) is 5.69 Å². The van der Waals surface area contributed by atoms with Crippen molar-refractivity contribution < 1.29 is 9.59 Å². The number of amides is 2. The number of benzene rings is 2. The van der Waals surface area contributed by atoms with Crippen LogP contribution < -0.4 is 5.32 Å². The fourth-order valence-corrected chi connectivity index (χ4v) is 3.81. The third-order valence-electron chi connectivity index (χ3n) is 5.18. The average molecular weight is 434 g/mol. The van der Waals surface area contributed by atoms with E-state index >= 15 is 0 Å². The molecule has 1 aliphatic heterocycles. The molecule has 5 nitrogen and oxygen atoms in total. The van der Waals surface area contributed by atoms with Crippen LogP contribution in [-0.2, 0) is 16.0 Å². The molecule has 3 rings (SSSR count). The fourth-order valence-electron chi connectivity index (χ4n) is 3.49. The van der Waals surface area contributed by atoms with Crippen molar-refractivity contribution in [2.24, 2.45) is 0 Å². The minimum Gasteiger partial charge on any atom is -0.340 e. The molecule has 0 bridgehead atoms. The molecule has 0 atom stereocenters. The predicted molar refractivity (Wildman–Crippen MR) is 118 cm³/mol. The second kappa shape index (κ2) is 9.61. The average Bonchev–Trinajstić information content (AvgIpc) is 2.68. The highest BCUT2D eigenvalue weighted by Gasteiger charge is 2.23. The molecule has 2 aromatic rings. The summed E-state index contributed by atoms with van der Waals surface area (Å²) in [5.41, 5.74) is 3.83. The van der Waals surface area contributed by atoms with Crippen LogP contribution >= 0.6 is 23.2 Å². The number of carbonyl (C=O) groups excluding carboxylic acids is 2. The Hall–Kier alpha value is -2.08. The molecule has 0 unspecified atom stereocenters. The maximum Gasteiger partial charge on any atom is 0.238 e. The number of rotatable bonds is 5. The lowest BCUT2D eigenvalue weighted by atomic mass is 10.1. The van der Waals surface area contributed by atoms with Gasteiger partial charge in [0.05, 0.1) is 23.0 Å². The number of carbonyl (C=O) groups is 2. The zero-order valence-corrected chi connectivity index (χ0v) is 18.2. The molecule has 7 heteroatoms. The van der Waals surface area contributed by atoms with Crippen LogP contribution in [0, 0.1) is 13.8 Å². The number of para-hydroxylation sites is 1. The lowest BCUT2D eigenvalue weighted by molar-refractivity contribution is -0.132. The zero-order valence-electron chi connectivity index (χ0n) is 16.7. The normalized spacial score (nSPS) is 14.7. The van der Waals surface area contributed by atoms with Crippen molar-refractivity contribution in [1.82, 2.24) is 9.80 Å². The summed E-state index contributed by atoms with van der Waals surface area (Å²) in [5.74, 6) is 0.0287. The summed E-state index contributed by atoms with van der Waals surface area (Å²) >= 11 is 12.0. The molecule has 2 aromatic carbocycles. The zero-order chi connectivity index (χ0) is 21.0. The summed E-state index contributed by atoms with van der Waals surface area (Å²) in [6.45, 7) is 6.86. The molecule has 154 valence electrons. The maximum atomic E-state index is 12.6. The summed E-state index contributed by atoms with van der Waals surface area (Å²) < 4.78 is 0. The van der Waals surface area contributed by atoms with Crippen molar-refractivity contribution in [2.75, 3.05) is 38.0 Å². The molecule has 2 amide bonds. The SMILES string of the molecule is Cc1cccc(C)c1NC(=O)CN1CCN(C(=O)Cc2ccc(Cl)c(Cl)c2)CC1. The van der Waals surface area contributed by atoms with Crippen LogP contribution in [0.15, 0.2) is 36.4 Å². The first-order valence-corrected chi connectivity index (χ1v) is 10.4. The molecular weight excluding hydrogens is 409 g/mol. The fraction of sp³-hybridized carbons (Fsp3) is 0.364. The number of nitrogens with zero attached hydrogens (tertiary/aromatic N) is 2. The summed E-state index contributed by atoms with van der Waals surface area (Å²) in [6.07, 6.45) is 0.296. The number of nitrogens with one attached hydrogen (secondary N) is 1. The molecule has 1 N–H and O–H groups in total. The van der Waals surface area contributed by atoms with Crippen molar-refractivity contribution in [3.63, 3.8) is 0 Å². The number of hydrogen-bond acceptors (Lipinski definition) is 3. The van der Waals surface area contributed by atoms with E-state index in [1.807, 2.05) is 43.0 Å². The number of halogens is 2. The van der Waals surface area contributed by atoms with E-state index in [-0.39, 0.29) is 11.8 Å². The van der Waals surface area contributed by atoms with E-state index in [0.29, 0.717) is 49.2 Å². The second-order valence-corrected chi connectivity index (χ2v) is 8.21. The Morgan fingerprint density at radius 1 is 0.966 bits per heavy atom. The summed E-state index contributed by atoms with van der Waals surface area (Å²) in [6, 6.07) is 11.2. The topological polar surface area (TPSA) is 52.7 Å². The lowest BCUT2D eigenvalue weighted by Gasteiger charge is -2.34. The molecule has 0 spiro atoms. The van der Waals surface area contributed by atoms with E-state index in [2.05, 4.69) is 10.2 Å².